The molecule has 1 aromatic rings. The molecule has 0 aliphatic carbocycles. The lowest BCUT2D eigenvalue weighted by Crippen LogP contribution is -2.51. The highest BCUT2D eigenvalue weighted by Gasteiger charge is 2.32. The number of hydrogen-bond donors (Lipinski definition) is 2. The second kappa shape index (κ2) is 8.14. The van der Waals surface area contributed by atoms with Gasteiger partial charge in [-0.15, -0.1) is 0 Å². The van der Waals surface area contributed by atoms with Gasteiger partial charge in [0.2, 0.25) is 6.79 Å². The molecule has 142 valence electrons. The summed E-state index contributed by atoms with van der Waals surface area (Å²) in [6.07, 6.45) is 3.71. The van der Waals surface area contributed by atoms with Gasteiger partial charge in [-0.05, 0) is 43.5 Å². The smallest absolute Gasteiger partial charge is 0.231 e. The first-order valence-corrected chi connectivity index (χ1v) is 9.50. The molecule has 2 atom stereocenters. The van der Waals surface area contributed by atoms with E-state index in [0.29, 0.717) is 12.8 Å². The highest BCUT2D eigenvalue weighted by atomic mass is 16.7. The summed E-state index contributed by atoms with van der Waals surface area (Å²) in [4.78, 5) is 6.87. The van der Waals surface area contributed by atoms with Crippen LogP contribution in [0.5, 0.6) is 11.5 Å². The molecule has 7 nitrogen and oxygen atoms in total. The molecule has 0 bridgehead atoms. The number of fused-ring (bicyclic) bond motifs is 2. The second-order valence-corrected chi connectivity index (χ2v) is 7.06. The summed E-state index contributed by atoms with van der Waals surface area (Å²) in [5.41, 5.74) is 1.22. The second-order valence-electron chi connectivity index (χ2n) is 7.06. The molecule has 2 saturated heterocycles. The molecule has 1 aromatic carbocycles. The summed E-state index contributed by atoms with van der Waals surface area (Å²) in [6.45, 7) is 5.00. The number of morpholine rings is 1. The van der Waals surface area contributed by atoms with Gasteiger partial charge in [0.1, 0.15) is 0 Å². The number of rotatable bonds is 5. The van der Waals surface area contributed by atoms with Crippen LogP contribution in [0.1, 0.15) is 18.4 Å². The average molecular weight is 360 g/mol. The maximum atomic E-state index is 5.99. The number of ether oxygens (including phenoxy) is 3. The van der Waals surface area contributed by atoms with E-state index in [4.69, 9.17) is 14.2 Å². The summed E-state index contributed by atoms with van der Waals surface area (Å²) in [5.74, 6) is 2.48. The SMILES string of the molecule is CN=C(NCCc1ccc2c(c1)OCO2)NCC1CN2CCCC2CO1. The zero-order valence-electron chi connectivity index (χ0n) is 15.4. The van der Waals surface area contributed by atoms with Crippen molar-refractivity contribution in [1.82, 2.24) is 15.5 Å². The number of aliphatic imine (C=N–C) groups is 1. The first-order chi connectivity index (χ1) is 12.8. The van der Waals surface area contributed by atoms with Crippen LogP contribution in [-0.4, -0.2) is 69.6 Å². The molecular weight excluding hydrogens is 332 g/mol. The molecule has 7 heteroatoms. The summed E-state index contributed by atoms with van der Waals surface area (Å²) in [6, 6.07) is 6.73. The monoisotopic (exact) mass is 360 g/mol. The van der Waals surface area contributed by atoms with E-state index < -0.39 is 0 Å². The van der Waals surface area contributed by atoms with Gasteiger partial charge in [-0.25, -0.2) is 0 Å². The molecular formula is C19H28N4O3. The van der Waals surface area contributed by atoms with Crippen LogP contribution in [0, 0.1) is 0 Å². The Kier molecular flexibility index (Phi) is 5.45. The number of guanidine groups is 1. The summed E-state index contributed by atoms with van der Waals surface area (Å²) in [7, 11) is 1.80. The maximum Gasteiger partial charge on any atom is 0.231 e. The predicted molar refractivity (Wildman–Crippen MR) is 100.0 cm³/mol. The van der Waals surface area contributed by atoms with E-state index in [0.717, 1.165) is 50.1 Å². The summed E-state index contributed by atoms with van der Waals surface area (Å²) < 4.78 is 16.8. The zero-order valence-corrected chi connectivity index (χ0v) is 15.4. The Morgan fingerprint density at radius 1 is 1.27 bits per heavy atom. The Bertz CT molecular complexity index is 652. The lowest BCUT2D eigenvalue weighted by molar-refractivity contribution is -0.0453. The Labute approximate surface area is 154 Å². The van der Waals surface area contributed by atoms with Gasteiger partial charge >= 0.3 is 0 Å². The fraction of sp³-hybridized carbons (Fsp3) is 0.632. The van der Waals surface area contributed by atoms with Crippen LogP contribution in [0.2, 0.25) is 0 Å². The maximum absolute atomic E-state index is 5.99. The first kappa shape index (κ1) is 17.4. The third-order valence-corrected chi connectivity index (χ3v) is 5.33. The van der Waals surface area contributed by atoms with Crippen LogP contribution in [0.25, 0.3) is 0 Å². The molecule has 3 aliphatic heterocycles. The molecule has 0 saturated carbocycles. The number of nitrogens with one attached hydrogen (secondary N) is 2. The van der Waals surface area contributed by atoms with E-state index in [1.807, 2.05) is 12.1 Å². The third-order valence-electron chi connectivity index (χ3n) is 5.33. The van der Waals surface area contributed by atoms with Crippen molar-refractivity contribution in [3.63, 3.8) is 0 Å². The topological polar surface area (TPSA) is 67.4 Å². The highest BCUT2D eigenvalue weighted by molar-refractivity contribution is 5.79. The van der Waals surface area contributed by atoms with Gasteiger partial charge in [0.05, 0.1) is 12.7 Å². The van der Waals surface area contributed by atoms with Gasteiger partial charge < -0.3 is 24.8 Å². The van der Waals surface area contributed by atoms with Gasteiger partial charge in [0.15, 0.2) is 17.5 Å². The van der Waals surface area contributed by atoms with Crippen molar-refractivity contribution in [3.05, 3.63) is 23.8 Å². The fourth-order valence-corrected chi connectivity index (χ4v) is 3.86. The van der Waals surface area contributed by atoms with Crippen molar-refractivity contribution >= 4 is 5.96 Å². The lowest BCUT2D eigenvalue weighted by atomic mass is 10.1. The van der Waals surface area contributed by atoms with Gasteiger partial charge in [0.25, 0.3) is 0 Å². The lowest BCUT2D eigenvalue weighted by Gasteiger charge is -2.35. The molecule has 26 heavy (non-hydrogen) atoms. The molecule has 2 unspecified atom stereocenters. The van der Waals surface area contributed by atoms with E-state index in [2.05, 4.69) is 26.6 Å². The number of hydrogen-bond acceptors (Lipinski definition) is 5. The first-order valence-electron chi connectivity index (χ1n) is 9.50. The van der Waals surface area contributed by atoms with Crippen molar-refractivity contribution in [2.75, 3.05) is 46.6 Å². The molecule has 0 radical (unpaired) electrons. The van der Waals surface area contributed by atoms with Crippen molar-refractivity contribution in [3.8, 4) is 11.5 Å². The quantitative estimate of drug-likeness (QED) is 0.603. The molecule has 3 aliphatic rings. The van der Waals surface area contributed by atoms with Crippen LogP contribution >= 0.6 is 0 Å². The van der Waals surface area contributed by atoms with Crippen LogP contribution in [0.3, 0.4) is 0 Å². The van der Waals surface area contributed by atoms with E-state index in [-0.39, 0.29) is 6.10 Å². The molecule has 0 spiro atoms. The molecule has 4 rings (SSSR count). The highest BCUT2D eigenvalue weighted by Crippen LogP contribution is 2.32. The average Bonchev–Trinajstić information content (AvgIpc) is 3.32. The zero-order chi connectivity index (χ0) is 17.8. The molecule has 3 heterocycles. The molecule has 0 amide bonds. The van der Waals surface area contributed by atoms with Crippen molar-refractivity contribution < 1.29 is 14.2 Å². The van der Waals surface area contributed by atoms with Gasteiger partial charge in [0, 0.05) is 32.7 Å². The standard InChI is InChI=1S/C19H28N4O3/c1-20-19(22-10-16-11-23-8-2-3-15(23)12-24-16)21-7-6-14-4-5-17-18(9-14)26-13-25-17/h4-5,9,15-16H,2-3,6-8,10-13H2,1H3,(H2,20,21,22). The summed E-state index contributed by atoms with van der Waals surface area (Å²) in [5, 5.41) is 6.76. The Balaban J connectivity index is 1.19. The largest absolute Gasteiger partial charge is 0.454 e. The summed E-state index contributed by atoms with van der Waals surface area (Å²) >= 11 is 0. The third kappa shape index (κ3) is 4.04. The Hall–Kier alpha value is -1.99. The minimum atomic E-state index is 0.233. The van der Waals surface area contributed by atoms with Gasteiger partial charge in [-0.3, -0.25) is 9.89 Å². The van der Waals surface area contributed by atoms with Crippen LogP contribution in [0.15, 0.2) is 23.2 Å². The van der Waals surface area contributed by atoms with E-state index in [1.165, 1.54) is 24.9 Å². The van der Waals surface area contributed by atoms with Crippen molar-refractivity contribution in [2.24, 2.45) is 4.99 Å². The van der Waals surface area contributed by atoms with E-state index >= 15 is 0 Å². The normalized spacial score (nSPS) is 25.2. The van der Waals surface area contributed by atoms with Gasteiger partial charge in [-0.1, -0.05) is 6.07 Å². The molecule has 0 aromatic heterocycles. The van der Waals surface area contributed by atoms with E-state index in [1.54, 1.807) is 7.05 Å². The minimum Gasteiger partial charge on any atom is -0.454 e. The van der Waals surface area contributed by atoms with E-state index in [9.17, 15) is 0 Å². The van der Waals surface area contributed by atoms with Crippen molar-refractivity contribution in [2.45, 2.75) is 31.4 Å². The Morgan fingerprint density at radius 3 is 3.12 bits per heavy atom. The van der Waals surface area contributed by atoms with Crippen molar-refractivity contribution in [1.29, 1.82) is 0 Å². The molecule has 2 N–H and O–H groups in total. The van der Waals surface area contributed by atoms with Gasteiger partial charge in [-0.2, -0.15) is 0 Å². The minimum absolute atomic E-state index is 0.233. The molecule has 2 fully saturated rings. The number of benzene rings is 1. The predicted octanol–water partition coefficient (Wildman–Crippen LogP) is 0.986. The van der Waals surface area contributed by atoms with Crippen LogP contribution < -0.4 is 20.1 Å². The fourth-order valence-electron chi connectivity index (χ4n) is 3.86. The van der Waals surface area contributed by atoms with Crippen LogP contribution in [0.4, 0.5) is 0 Å². The van der Waals surface area contributed by atoms with Crippen LogP contribution in [-0.2, 0) is 11.2 Å². The Morgan fingerprint density at radius 2 is 2.19 bits per heavy atom. The number of nitrogens with zero attached hydrogens (tertiary/aromatic N) is 2.